The molecule has 6 heterocycles. The summed E-state index contributed by atoms with van der Waals surface area (Å²) in [5.41, 5.74) is 2.76. The highest BCUT2D eigenvalue weighted by molar-refractivity contribution is 5.18. The molecule has 29 heavy (non-hydrogen) atoms. The van der Waals surface area contributed by atoms with Gasteiger partial charge in [-0.1, -0.05) is 12.1 Å². The van der Waals surface area contributed by atoms with Gasteiger partial charge in [-0.15, -0.1) is 0 Å². The van der Waals surface area contributed by atoms with Gasteiger partial charge in [-0.2, -0.15) is 0 Å². The van der Waals surface area contributed by atoms with Crippen LogP contribution in [0.1, 0.15) is 36.1 Å². The maximum absolute atomic E-state index is 12.2. The molecule has 0 spiro atoms. The van der Waals surface area contributed by atoms with Crippen molar-refractivity contribution in [2.45, 2.75) is 37.8 Å². The Bertz CT molecular complexity index is 974. The molecule has 0 unspecified atom stereocenters. The minimum Gasteiger partial charge on any atom is -0.312 e. The zero-order valence-electron chi connectivity index (χ0n) is 16.7. The van der Waals surface area contributed by atoms with Crippen molar-refractivity contribution in [2.75, 3.05) is 32.8 Å². The number of fused-ring (bicyclic) bond motifs is 8. The number of piperidine rings is 2. The number of rotatable bonds is 2. The van der Waals surface area contributed by atoms with E-state index in [-0.39, 0.29) is 11.1 Å². The standard InChI is InChI=1S/C23H28N4O2/c28-22-5-1-3-20-18-7-16(11-26(20)22)9-24(13-18)15-25-10-17-8-19(14-25)21-4-2-6-23(29)27(21)12-17/h1-6,16-19H,7-15H2/t16-,17+,18-,19+. The van der Waals surface area contributed by atoms with Crippen molar-refractivity contribution in [3.05, 3.63) is 68.5 Å². The highest BCUT2D eigenvalue weighted by Crippen LogP contribution is 2.37. The first-order valence-corrected chi connectivity index (χ1v) is 11.0. The molecule has 0 aliphatic carbocycles. The molecule has 4 bridgehead atoms. The van der Waals surface area contributed by atoms with E-state index in [4.69, 9.17) is 0 Å². The maximum atomic E-state index is 12.2. The lowest BCUT2D eigenvalue weighted by Gasteiger charge is -2.47. The Morgan fingerprint density at radius 2 is 1.14 bits per heavy atom. The largest absolute Gasteiger partial charge is 0.312 e. The number of aromatic nitrogens is 2. The lowest BCUT2D eigenvalue weighted by Crippen LogP contribution is -2.54. The van der Waals surface area contributed by atoms with Gasteiger partial charge in [-0.05, 0) is 36.8 Å². The van der Waals surface area contributed by atoms with Crippen molar-refractivity contribution < 1.29 is 0 Å². The quantitative estimate of drug-likeness (QED) is 0.777. The predicted molar refractivity (Wildman–Crippen MR) is 111 cm³/mol. The van der Waals surface area contributed by atoms with Crippen molar-refractivity contribution in [3.63, 3.8) is 0 Å². The summed E-state index contributed by atoms with van der Waals surface area (Å²) in [5, 5.41) is 0. The fourth-order valence-electron chi connectivity index (χ4n) is 6.50. The Balaban J connectivity index is 1.19. The number of hydrogen-bond acceptors (Lipinski definition) is 4. The smallest absolute Gasteiger partial charge is 0.250 e. The van der Waals surface area contributed by atoms with Gasteiger partial charge in [0.1, 0.15) is 0 Å². The Labute approximate surface area is 170 Å². The molecule has 0 radical (unpaired) electrons. The molecule has 0 aromatic carbocycles. The molecule has 6 rings (SSSR count). The number of likely N-dealkylation sites (tertiary alicyclic amines) is 2. The SMILES string of the molecule is O=c1cccc2n1C[C@@H]1C[C@@H]2CN(CN2C[C@@H]3C[C@@H](C2)c2cccc(=O)n2C3)C1. The summed E-state index contributed by atoms with van der Waals surface area (Å²) < 4.78 is 4.02. The van der Waals surface area contributed by atoms with E-state index in [2.05, 4.69) is 21.9 Å². The van der Waals surface area contributed by atoms with Crippen molar-refractivity contribution in [1.29, 1.82) is 0 Å². The molecule has 6 heteroatoms. The first-order valence-electron chi connectivity index (χ1n) is 11.0. The van der Waals surface area contributed by atoms with Crippen LogP contribution in [0.15, 0.2) is 46.0 Å². The van der Waals surface area contributed by atoms with E-state index < -0.39 is 0 Å². The highest BCUT2D eigenvalue weighted by atomic mass is 16.1. The topological polar surface area (TPSA) is 50.5 Å². The number of pyridine rings is 2. The fraction of sp³-hybridized carbons (Fsp3) is 0.565. The van der Waals surface area contributed by atoms with Gasteiger partial charge < -0.3 is 9.13 Å². The van der Waals surface area contributed by atoms with Gasteiger partial charge in [-0.25, -0.2) is 0 Å². The van der Waals surface area contributed by atoms with Gasteiger partial charge in [0.25, 0.3) is 11.1 Å². The lowest BCUT2D eigenvalue weighted by molar-refractivity contribution is 0.0266. The second-order valence-electron chi connectivity index (χ2n) is 9.61. The summed E-state index contributed by atoms with van der Waals surface area (Å²) in [6.07, 6.45) is 2.42. The molecule has 6 nitrogen and oxygen atoms in total. The molecule has 0 N–H and O–H groups in total. The highest BCUT2D eigenvalue weighted by Gasteiger charge is 2.38. The second-order valence-corrected chi connectivity index (χ2v) is 9.61. The first-order chi connectivity index (χ1) is 14.1. The molecule has 4 aliphatic heterocycles. The average molecular weight is 393 g/mol. The minimum absolute atomic E-state index is 0.156. The van der Waals surface area contributed by atoms with Crippen LogP contribution in [0, 0.1) is 11.8 Å². The van der Waals surface area contributed by atoms with E-state index in [0.29, 0.717) is 23.7 Å². The normalized spacial score (nSPS) is 31.2. The van der Waals surface area contributed by atoms with Crippen molar-refractivity contribution >= 4 is 0 Å². The van der Waals surface area contributed by atoms with Crippen LogP contribution in [-0.2, 0) is 13.1 Å². The summed E-state index contributed by atoms with van der Waals surface area (Å²) in [4.78, 5) is 29.7. The molecule has 2 aromatic rings. The second kappa shape index (κ2) is 6.67. The molecule has 2 aromatic heterocycles. The van der Waals surface area contributed by atoms with Gasteiger partial charge in [0, 0.05) is 74.6 Å². The van der Waals surface area contributed by atoms with Gasteiger partial charge in [0.2, 0.25) is 0 Å². The van der Waals surface area contributed by atoms with E-state index >= 15 is 0 Å². The predicted octanol–water partition coefficient (Wildman–Crippen LogP) is 1.51. The van der Waals surface area contributed by atoms with E-state index in [1.807, 2.05) is 21.3 Å². The van der Waals surface area contributed by atoms with Crippen LogP contribution < -0.4 is 11.1 Å². The van der Waals surface area contributed by atoms with Gasteiger partial charge in [0.05, 0.1) is 6.67 Å². The third kappa shape index (κ3) is 3.01. The molecule has 2 saturated heterocycles. The maximum Gasteiger partial charge on any atom is 0.250 e. The zero-order chi connectivity index (χ0) is 19.5. The van der Waals surface area contributed by atoms with E-state index in [0.717, 1.165) is 45.9 Å². The number of nitrogens with zero attached hydrogens (tertiary/aromatic N) is 4. The van der Waals surface area contributed by atoms with E-state index in [1.54, 1.807) is 12.1 Å². The van der Waals surface area contributed by atoms with Crippen LogP contribution in [0.4, 0.5) is 0 Å². The van der Waals surface area contributed by atoms with Crippen LogP contribution in [0.3, 0.4) is 0 Å². The minimum atomic E-state index is 0.156. The molecule has 0 amide bonds. The summed E-state index contributed by atoms with van der Waals surface area (Å²) in [5.74, 6) is 2.09. The van der Waals surface area contributed by atoms with Gasteiger partial charge >= 0.3 is 0 Å². The molecular formula is C23H28N4O2. The summed E-state index contributed by atoms with van der Waals surface area (Å²) in [7, 11) is 0. The summed E-state index contributed by atoms with van der Waals surface area (Å²) in [6, 6.07) is 11.5. The monoisotopic (exact) mass is 392 g/mol. The van der Waals surface area contributed by atoms with Crippen molar-refractivity contribution in [3.8, 4) is 0 Å². The summed E-state index contributed by atoms with van der Waals surface area (Å²) in [6.45, 7) is 6.99. The van der Waals surface area contributed by atoms with Gasteiger partial charge in [-0.3, -0.25) is 19.4 Å². The van der Waals surface area contributed by atoms with Crippen LogP contribution in [-0.4, -0.2) is 51.8 Å². The third-order valence-electron chi connectivity index (χ3n) is 7.51. The first kappa shape index (κ1) is 17.7. The van der Waals surface area contributed by atoms with Crippen molar-refractivity contribution in [2.24, 2.45) is 11.8 Å². The molecule has 2 fully saturated rings. The van der Waals surface area contributed by atoms with Crippen LogP contribution in [0.25, 0.3) is 0 Å². The molecule has 0 saturated carbocycles. The van der Waals surface area contributed by atoms with Crippen LogP contribution in [0.5, 0.6) is 0 Å². The lowest BCUT2D eigenvalue weighted by atomic mass is 9.82. The summed E-state index contributed by atoms with van der Waals surface area (Å²) >= 11 is 0. The molecule has 152 valence electrons. The molecule has 4 aliphatic rings. The van der Waals surface area contributed by atoms with Crippen LogP contribution >= 0.6 is 0 Å². The zero-order valence-corrected chi connectivity index (χ0v) is 16.7. The number of hydrogen-bond donors (Lipinski definition) is 0. The average Bonchev–Trinajstić information content (AvgIpc) is 2.70. The van der Waals surface area contributed by atoms with E-state index in [1.165, 1.54) is 24.2 Å². The fourth-order valence-corrected chi connectivity index (χ4v) is 6.50. The molecule has 4 atom stereocenters. The third-order valence-corrected chi connectivity index (χ3v) is 7.51. The molecular weight excluding hydrogens is 364 g/mol. The van der Waals surface area contributed by atoms with Crippen LogP contribution in [0.2, 0.25) is 0 Å². The Morgan fingerprint density at radius 1 is 0.655 bits per heavy atom. The Hall–Kier alpha value is -2.18. The van der Waals surface area contributed by atoms with Gasteiger partial charge in [0.15, 0.2) is 0 Å². The van der Waals surface area contributed by atoms with E-state index in [9.17, 15) is 9.59 Å². The Kier molecular flexibility index (Phi) is 4.06. The van der Waals surface area contributed by atoms with Crippen molar-refractivity contribution in [1.82, 2.24) is 18.9 Å². The Morgan fingerprint density at radius 3 is 1.62 bits per heavy atom.